The van der Waals surface area contributed by atoms with Crippen molar-refractivity contribution in [1.82, 2.24) is 14.9 Å². The van der Waals surface area contributed by atoms with Gasteiger partial charge in [-0.1, -0.05) is 12.1 Å². The highest BCUT2D eigenvalue weighted by Crippen LogP contribution is 2.20. The van der Waals surface area contributed by atoms with E-state index in [1.165, 1.54) is 18.4 Å². The lowest BCUT2D eigenvalue weighted by Crippen LogP contribution is -2.55. The first kappa shape index (κ1) is 21.9. The maximum absolute atomic E-state index is 12.4. The molecule has 3 atom stereocenters. The summed E-state index contributed by atoms with van der Waals surface area (Å²) in [6, 6.07) is 5.90. The first-order valence-electron chi connectivity index (χ1n) is 7.91. The maximum Gasteiger partial charge on any atom is 0.242 e. The Kier molecular flexibility index (Phi) is 7.83. The number of nitrogens with zero attached hydrogens (tertiary/aromatic N) is 1. The summed E-state index contributed by atoms with van der Waals surface area (Å²) in [5.74, 6) is -0.157. The Bertz CT molecular complexity index is 696. The SMILES string of the molecule is CC(NC(=O)[C@H]1NCCO[C@@H]1C)c1cccc(S(=O)(=O)N(C)C)c1.Cl. The van der Waals surface area contributed by atoms with Crippen molar-refractivity contribution in [2.24, 2.45) is 0 Å². The van der Waals surface area contributed by atoms with E-state index in [0.29, 0.717) is 13.2 Å². The van der Waals surface area contributed by atoms with Crippen LogP contribution >= 0.6 is 12.4 Å². The smallest absolute Gasteiger partial charge is 0.242 e. The van der Waals surface area contributed by atoms with E-state index in [9.17, 15) is 13.2 Å². The predicted octanol–water partition coefficient (Wildman–Crippen LogP) is 0.913. The Labute approximate surface area is 155 Å². The van der Waals surface area contributed by atoms with Crippen molar-refractivity contribution in [1.29, 1.82) is 0 Å². The topological polar surface area (TPSA) is 87.7 Å². The first-order chi connectivity index (χ1) is 11.2. The van der Waals surface area contributed by atoms with Crippen LogP contribution in [0, 0.1) is 0 Å². The van der Waals surface area contributed by atoms with Gasteiger partial charge in [0.15, 0.2) is 0 Å². The fourth-order valence-corrected chi connectivity index (χ4v) is 3.53. The maximum atomic E-state index is 12.4. The van der Waals surface area contributed by atoms with Gasteiger partial charge in [0.05, 0.1) is 23.6 Å². The molecule has 1 aliphatic rings. The van der Waals surface area contributed by atoms with Gasteiger partial charge in [-0.05, 0) is 31.5 Å². The molecule has 25 heavy (non-hydrogen) atoms. The van der Waals surface area contributed by atoms with Crippen molar-refractivity contribution in [3.63, 3.8) is 0 Å². The van der Waals surface area contributed by atoms with Gasteiger partial charge in [0, 0.05) is 20.6 Å². The van der Waals surface area contributed by atoms with Crippen LogP contribution in [0.1, 0.15) is 25.5 Å². The molecule has 0 bridgehead atoms. The summed E-state index contributed by atoms with van der Waals surface area (Å²) in [5.41, 5.74) is 0.732. The fourth-order valence-electron chi connectivity index (χ4n) is 2.57. The van der Waals surface area contributed by atoms with E-state index in [4.69, 9.17) is 4.74 Å². The number of carbonyl (C=O) groups is 1. The molecular weight excluding hydrogens is 366 g/mol. The monoisotopic (exact) mass is 391 g/mol. The van der Waals surface area contributed by atoms with Crippen LogP contribution in [0.3, 0.4) is 0 Å². The summed E-state index contributed by atoms with van der Waals surface area (Å²) in [5, 5.41) is 6.05. The Morgan fingerprint density at radius 2 is 2.08 bits per heavy atom. The summed E-state index contributed by atoms with van der Waals surface area (Å²) >= 11 is 0. The second kappa shape index (κ2) is 8.95. The lowest BCUT2D eigenvalue weighted by molar-refractivity contribution is -0.129. The number of sulfonamides is 1. The summed E-state index contributed by atoms with van der Waals surface area (Å²) in [6.45, 7) is 4.90. The van der Waals surface area contributed by atoms with Gasteiger partial charge in [-0.2, -0.15) is 0 Å². The average Bonchev–Trinajstić information content (AvgIpc) is 2.55. The van der Waals surface area contributed by atoms with E-state index in [1.807, 2.05) is 13.8 Å². The van der Waals surface area contributed by atoms with Gasteiger partial charge in [0.1, 0.15) is 6.04 Å². The highest BCUT2D eigenvalue weighted by molar-refractivity contribution is 7.89. The van der Waals surface area contributed by atoms with E-state index in [1.54, 1.807) is 24.3 Å². The number of amides is 1. The number of morpholine rings is 1. The number of nitrogens with one attached hydrogen (secondary N) is 2. The van der Waals surface area contributed by atoms with Crippen molar-refractivity contribution in [2.75, 3.05) is 27.2 Å². The zero-order valence-corrected chi connectivity index (χ0v) is 16.5. The van der Waals surface area contributed by atoms with Crippen LogP contribution in [0.5, 0.6) is 0 Å². The quantitative estimate of drug-likeness (QED) is 0.779. The Hall–Kier alpha value is -1.19. The predicted molar refractivity (Wildman–Crippen MR) is 98.3 cm³/mol. The summed E-state index contributed by atoms with van der Waals surface area (Å²) in [4.78, 5) is 12.6. The minimum atomic E-state index is -3.50. The van der Waals surface area contributed by atoms with Gasteiger partial charge in [-0.3, -0.25) is 4.79 Å². The largest absolute Gasteiger partial charge is 0.375 e. The fraction of sp³-hybridized carbons (Fsp3) is 0.562. The van der Waals surface area contributed by atoms with Gasteiger partial charge in [-0.25, -0.2) is 12.7 Å². The molecule has 2 rings (SSSR count). The Morgan fingerprint density at radius 1 is 1.40 bits per heavy atom. The lowest BCUT2D eigenvalue weighted by atomic mass is 10.1. The number of ether oxygens (including phenoxy) is 1. The average molecular weight is 392 g/mol. The highest BCUT2D eigenvalue weighted by atomic mass is 35.5. The molecule has 1 aromatic rings. The van der Waals surface area contributed by atoms with E-state index >= 15 is 0 Å². The first-order valence-corrected chi connectivity index (χ1v) is 9.35. The van der Waals surface area contributed by atoms with Crippen molar-refractivity contribution in [3.05, 3.63) is 29.8 Å². The molecule has 0 aromatic heterocycles. The van der Waals surface area contributed by atoms with Crippen LogP contribution in [0.25, 0.3) is 0 Å². The molecule has 142 valence electrons. The minimum absolute atomic E-state index is 0. The minimum Gasteiger partial charge on any atom is -0.375 e. The van der Waals surface area contributed by atoms with Crippen molar-refractivity contribution in [2.45, 2.75) is 36.9 Å². The molecule has 1 aromatic carbocycles. The van der Waals surface area contributed by atoms with Gasteiger partial charge in [0.25, 0.3) is 0 Å². The van der Waals surface area contributed by atoms with Crippen LogP contribution in [-0.2, 0) is 19.6 Å². The summed E-state index contributed by atoms with van der Waals surface area (Å²) in [6.07, 6.45) is -0.202. The number of hydrogen-bond acceptors (Lipinski definition) is 5. The van der Waals surface area contributed by atoms with Crippen molar-refractivity contribution >= 4 is 28.3 Å². The molecule has 1 aliphatic heterocycles. The third-order valence-electron chi connectivity index (χ3n) is 4.09. The molecule has 9 heteroatoms. The number of benzene rings is 1. The Balaban J connectivity index is 0.00000312. The summed E-state index contributed by atoms with van der Waals surface area (Å²) in [7, 11) is -0.523. The van der Waals surface area contributed by atoms with Crippen LogP contribution in [0.15, 0.2) is 29.2 Å². The second-order valence-electron chi connectivity index (χ2n) is 6.10. The van der Waals surface area contributed by atoms with E-state index in [-0.39, 0.29) is 35.4 Å². The molecule has 0 saturated carbocycles. The zero-order valence-electron chi connectivity index (χ0n) is 14.9. The number of halogens is 1. The van der Waals surface area contributed by atoms with Gasteiger partial charge in [0.2, 0.25) is 15.9 Å². The summed E-state index contributed by atoms with van der Waals surface area (Å²) < 4.78 is 31.1. The van der Waals surface area contributed by atoms with Crippen LogP contribution < -0.4 is 10.6 Å². The van der Waals surface area contributed by atoms with E-state index < -0.39 is 16.1 Å². The molecule has 1 amide bonds. The van der Waals surface area contributed by atoms with Crippen molar-refractivity contribution in [3.8, 4) is 0 Å². The number of rotatable bonds is 5. The molecular formula is C16H26ClN3O4S. The molecule has 1 unspecified atom stereocenters. The molecule has 7 nitrogen and oxygen atoms in total. The molecule has 0 spiro atoms. The van der Waals surface area contributed by atoms with Crippen LogP contribution in [0.2, 0.25) is 0 Å². The number of hydrogen-bond donors (Lipinski definition) is 2. The lowest BCUT2D eigenvalue weighted by Gasteiger charge is -2.30. The van der Waals surface area contributed by atoms with Gasteiger partial charge in [-0.15, -0.1) is 12.4 Å². The molecule has 1 saturated heterocycles. The highest BCUT2D eigenvalue weighted by Gasteiger charge is 2.29. The molecule has 1 heterocycles. The van der Waals surface area contributed by atoms with E-state index in [2.05, 4.69) is 10.6 Å². The van der Waals surface area contributed by atoms with E-state index in [0.717, 1.165) is 5.56 Å². The molecule has 2 N–H and O–H groups in total. The van der Waals surface area contributed by atoms with Crippen molar-refractivity contribution < 1.29 is 17.9 Å². The molecule has 1 fully saturated rings. The third-order valence-corrected chi connectivity index (χ3v) is 5.91. The molecule has 0 radical (unpaired) electrons. The Morgan fingerprint density at radius 3 is 2.68 bits per heavy atom. The standard InChI is InChI=1S/C16H25N3O4S.ClH/c1-11(18-16(20)15-12(2)23-9-8-17-15)13-6-5-7-14(10-13)24(21,22)19(3)4;/h5-7,10-12,15,17H,8-9H2,1-4H3,(H,18,20);1H/t11?,12-,15+;/m1./s1. The second-order valence-corrected chi connectivity index (χ2v) is 8.25. The van der Waals surface area contributed by atoms with Crippen LogP contribution in [-0.4, -0.2) is 58.0 Å². The normalized spacial score (nSPS) is 22.1. The number of carbonyl (C=O) groups excluding carboxylic acids is 1. The van der Waals surface area contributed by atoms with Crippen LogP contribution in [0.4, 0.5) is 0 Å². The third kappa shape index (κ3) is 5.15. The zero-order chi connectivity index (χ0) is 17.9. The van der Waals surface area contributed by atoms with Gasteiger partial charge >= 0.3 is 0 Å². The molecule has 0 aliphatic carbocycles. The van der Waals surface area contributed by atoms with Gasteiger partial charge < -0.3 is 15.4 Å².